The third-order valence-electron chi connectivity index (χ3n) is 4.79. The van der Waals surface area contributed by atoms with Crippen molar-refractivity contribution < 1.29 is 23.9 Å². The van der Waals surface area contributed by atoms with Crippen molar-refractivity contribution >= 4 is 29.2 Å². The molecule has 0 radical (unpaired) electrons. The maximum atomic E-state index is 12.7. The Balaban J connectivity index is 1.63. The molecule has 2 amide bonds. The second-order valence-corrected chi connectivity index (χ2v) is 7.67. The number of esters is 1. The van der Waals surface area contributed by atoms with Gasteiger partial charge in [-0.15, -0.1) is 0 Å². The van der Waals surface area contributed by atoms with E-state index in [9.17, 15) is 14.4 Å². The first-order chi connectivity index (χ1) is 14.4. The highest BCUT2D eigenvalue weighted by Gasteiger charge is 2.35. The summed E-state index contributed by atoms with van der Waals surface area (Å²) in [6.07, 6.45) is 0.133. The minimum absolute atomic E-state index is 0.105. The van der Waals surface area contributed by atoms with E-state index in [1.807, 2.05) is 13.8 Å². The van der Waals surface area contributed by atoms with Crippen LogP contribution in [0.25, 0.3) is 0 Å². The fraction of sp³-hybridized carbons (Fsp3) is 0.348. The van der Waals surface area contributed by atoms with E-state index in [1.54, 1.807) is 60.5 Å². The fourth-order valence-corrected chi connectivity index (χ4v) is 3.19. The van der Waals surface area contributed by atoms with Crippen molar-refractivity contribution in [3.05, 3.63) is 54.1 Å². The Labute approximate surface area is 176 Å². The molecule has 0 spiro atoms. The summed E-state index contributed by atoms with van der Waals surface area (Å²) in [5.74, 6) is -0.326. The maximum Gasteiger partial charge on any atom is 0.338 e. The summed E-state index contributed by atoms with van der Waals surface area (Å²) < 4.78 is 10.4. The lowest BCUT2D eigenvalue weighted by atomic mass is 10.1. The first-order valence-corrected chi connectivity index (χ1v) is 9.90. The Morgan fingerprint density at radius 2 is 1.90 bits per heavy atom. The first kappa shape index (κ1) is 21.4. The van der Waals surface area contributed by atoms with E-state index in [-0.39, 0.29) is 24.2 Å². The van der Waals surface area contributed by atoms with E-state index in [2.05, 4.69) is 5.32 Å². The number of carbonyl (C=O) groups excluding carboxylic acids is 3. The molecule has 1 aliphatic rings. The number of anilines is 2. The van der Waals surface area contributed by atoms with E-state index in [4.69, 9.17) is 9.47 Å². The zero-order valence-corrected chi connectivity index (χ0v) is 17.4. The van der Waals surface area contributed by atoms with Crippen LogP contribution >= 0.6 is 0 Å². The Hall–Kier alpha value is -3.35. The van der Waals surface area contributed by atoms with Crippen molar-refractivity contribution in [3.63, 3.8) is 0 Å². The quantitative estimate of drug-likeness (QED) is 0.706. The zero-order chi connectivity index (χ0) is 21.7. The molecule has 30 heavy (non-hydrogen) atoms. The van der Waals surface area contributed by atoms with Crippen LogP contribution in [0.1, 0.15) is 30.6 Å². The fourth-order valence-electron chi connectivity index (χ4n) is 3.19. The molecule has 1 atom stereocenters. The Bertz CT molecular complexity index is 923. The molecular weight excluding hydrogens is 384 g/mol. The van der Waals surface area contributed by atoms with Crippen LogP contribution < -0.4 is 15.0 Å². The van der Waals surface area contributed by atoms with Crippen molar-refractivity contribution in [1.29, 1.82) is 0 Å². The second kappa shape index (κ2) is 9.43. The summed E-state index contributed by atoms with van der Waals surface area (Å²) >= 11 is 0. The molecule has 1 saturated heterocycles. The highest BCUT2D eigenvalue weighted by molar-refractivity contribution is 6.04. The molecule has 2 aromatic carbocycles. The van der Waals surface area contributed by atoms with Gasteiger partial charge in [-0.25, -0.2) is 4.79 Å². The summed E-state index contributed by atoms with van der Waals surface area (Å²) in [6.45, 7) is 4.55. The van der Waals surface area contributed by atoms with Gasteiger partial charge < -0.3 is 19.7 Å². The van der Waals surface area contributed by atoms with E-state index >= 15 is 0 Å². The molecule has 2 aromatic rings. The molecule has 1 N–H and O–H groups in total. The molecule has 3 rings (SSSR count). The van der Waals surface area contributed by atoms with Crippen LogP contribution in [0.5, 0.6) is 5.75 Å². The zero-order valence-electron chi connectivity index (χ0n) is 17.4. The van der Waals surface area contributed by atoms with Gasteiger partial charge in [0.1, 0.15) is 5.75 Å². The number of ether oxygens (including phenoxy) is 2. The number of hydrogen-bond acceptors (Lipinski definition) is 5. The molecule has 0 aromatic heterocycles. The van der Waals surface area contributed by atoms with Crippen molar-refractivity contribution in [3.8, 4) is 5.75 Å². The van der Waals surface area contributed by atoms with Crippen LogP contribution in [0.2, 0.25) is 0 Å². The average molecular weight is 410 g/mol. The molecule has 7 nitrogen and oxygen atoms in total. The molecule has 7 heteroatoms. The third kappa shape index (κ3) is 5.17. The second-order valence-electron chi connectivity index (χ2n) is 7.67. The average Bonchev–Trinajstić information content (AvgIpc) is 3.14. The van der Waals surface area contributed by atoms with Crippen LogP contribution in [0.15, 0.2) is 48.5 Å². The summed E-state index contributed by atoms with van der Waals surface area (Å²) in [6, 6.07) is 13.8. The molecule has 0 unspecified atom stereocenters. The lowest BCUT2D eigenvalue weighted by Gasteiger charge is -2.17. The van der Waals surface area contributed by atoms with E-state index in [0.717, 1.165) is 5.69 Å². The predicted molar refractivity (Wildman–Crippen MR) is 114 cm³/mol. The van der Waals surface area contributed by atoms with Crippen LogP contribution in [-0.2, 0) is 14.3 Å². The molecule has 158 valence electrons. The van der Waals surface area contributed by atoms with Crippen LogP contribution in [0.3, 0.4) is 0 Å². The monoisotopic (exact) mass is 410 g/mol. The summed E-state index contributed by atoms with van der Waals surface area (Å²) in [4.78, 5) is 38.9. The van der Waals surface area contributed by atoms with E-state index < -0.39 is 11.9 Å². The highest BCUT2D eigenvalue weighted by atomic mass is 16.5. The lowest BCUT2D eigenvalue weighted by molar-refractivity contribution is -0.122. The smallest absolute Gasteiger partial charge is 0.338 e. The number of amides is 2. The van der Waals surface area contributed by atoms with Crippen molar-refractivity contribution in [2.24, 2.45) is 11.8 Å². The van der Waals surface area contributed by atoms with Gasteiger partial charge in [0.2, 0.25) is 11.8 Å². The Kier molecular flexibility index (Phi) is 6.72. The first-order valence-electron chi connectivity index (χ1n) is 9.90. The predicted octanol–water partition coefficient (Wildman–Crippen LogP) is 3.50. The molecule has 1 heterocycles. The van der Waals surface area contributed by atoms with Gasteiger partial charge in [0, 0.05) is 24.3 Å². The molecule has 1 fully saturated rings. The van der Waals surface area contributed by atoms with Crippen LogP contribution in [-0.4, -0.2) is 38.0 Å². The number of benzene rings is 2. The van der Waals surface area contributed by atoms with Gasteiger partial charge in [-0.3, -0.25) is 9.59 Å². The maximum absolute atomic E-state index is 12.7. The minimum atomic E-state index is -0.476. The number of nitrogens with zero attached hydrogens (tertiary/aromatic N) is 1. The Morgan fingerprint density at radius 3 is 2.57 bits per heavy atom. The van der Waals surface area contributed by atoms with Gasteiger partial charge in [0.15, 0.2) is 0 Å². The molecular formula is C23H26N2O5. The number of hydrogen-bond donors (Lipinski definition) is 1. The van der Waals surface area contributed by atoms with E-state index in [1.165, 1.54) is 0 Å². The van der Waals surface area contributed by atoms with Crippen molar-refractivity contribution in [2.45, 2.75) is 20.3 Å². The van der Waals surface area contributed by atoms with Crippen molar-refractivity contribution in [2.75, 3.05) is 30.5 Å². The van der Waals surface area contributed by atoms with Gasteiger partial charge in [-0.1, -0.05) is 19.9 Å². The number of nitrogens with one attached hydrogen (secondary N) is 1. The normalized spacial score (nSPS) is 15.9. The van der Waals surface area contributed by atoms with Gasteiger partial charge >= 0.3 is 5.97 Å². The van der Waals surface area contributed by atoms with Gasteiger partial charge in [0.25, 0.3) is 0 Å². The SMILES string of the molecule is COc1ccc(N2C[C@H](C(=O)Nc3cccc(C(=O)OCC(C)C)c3)CC2=O)cc1. The van der Waals surface area contributed by atoms with Crippen LogP contribution in [0.4, 0.5) is 11.4 Å². The van der Waals surface area contributed by atoms with Gasteiger partial charge in [-0.2, -0.15) is 0 Å². The van der Waals surface area contributed by atoms with Crippen LogP contribution in [0, 0.1) is 11.8 Å². The Morgan fingerprint density at radius 1 is 1.17 bits per heavy atom. The minimum Gasteiger partial charge on any atom is -0.497 e. The molecule has 1 aliphatic heterocycles. The number of methoxy groups -OCH3 is 1. The van der Waals surface area contributed by atoms with Gasteiger partial charge in [-0.05, 0) is 48.4 Å². The summed E-state index contributed by atoms with van der Waals surface area (Å²) in [7, 11) is 1.58. The van der Waals surface area contributed by atoms with Gasteiger partial charge in [0.05, 0.1) is 25.2 Å². The highest BCUT2D eigenvalue weighted by Crippen LogP contribution is 2.27. The topological polar surface area (TPSA) is 84.9 Å². The van der Waals surface area contributed by atoms with E-state index in [0.29, 0.717) is 30.2 Å². The molecule has 0 aliphatic carbocycles. The number of carbonyl (C=O) groups is 3. The standard InChI is InChI=1S/C23H26N2O5/c1-15(2)14-30-23(28)16-5-4-6-18(11-16)24-22(27)17-12-21(26)25(13-17)19-7-9-20(29-3)10-8-19/h4-11,15,17H,12-14H2,1-3H3,(H,24,27)/t17-/m1/s1. The summed E-state index contributed by atoms with van der Waals surface area (Å²) in [5.41, 5.74) is 1.59. The lowest BCUT2D eigenvalue weighted by Crippen LogP contribution is -2.28. The molecule has 0 saturated carbocycles. The number of rotatable bonds is 7. The van der Waals surface area contributed by atoms with Crippen molar-refractivity contribution in [1.82, 2.24) is 0 Å². The molecule has 0 bridgehead atoms. The third-order valence-corrected chi connectivity index (χ3v) is 4.79. The largest absolute Gasteiger partial charge is 0.497 e. The summed E-state index contributed by atoms with van der Waals surface area (Å²) in [5, 5.41) is 2.81.